The number of allylic oxidation sites excluding steroid dienone is 1. The number of methoxy groups -OCH3 is 1. The molecule has 0 spiro atoms. The second kappa shape index (κ2) is 12.9. The Labute approximate surface area is 250 Å². The van der Waals surface area contributed by atoms with Crippen molar-refractivity contribution >= 4 is 46.0 Å². The van der Waals surface area contributed by atoms with Gasteiger partial charge in [0.2, 0.25) is 0 Å². The smallest absolute Gasteiger partial charge is 0.338 e. The van der Waals surface area contributed by atoms with Crippen molar-refractivity contribution in [1.82, 2.24) is 4.57 Å². The molecule has 10 heteroatoms. The third kappa shape index (κ3) is 6.02. The van der Waals surface area contributed by atoms with E-state index in [1.165, 1.54) is 11.3 Å². The van der Waals surface area contributed by atoms with Crippen molar-refractivity contribution < 1.29 is 23.7 Å². The highest BCUT2D eigenvalue weighted by molar-refractivity contribution is 14.1. The number of benzene rings is 2. The monoisotopic (exact) mass is 674 g/mol. The number of para-hydroxylation sites is 1. The van der Waals surface area contributed by atoms with Gasteiger partial charge < -0.3 is 18.9 Å². The average molecular weight is 675 g/mol. The minimum Gasteiger partial charge on any atom is -0.493 e. The van der Waals surface area contributed by atoms with Gasteiger partial charge in [-0.1, -0.05) is 42.2 Å². The van der Waals surface area contributed by atoms with E-state index in [-0.39, 0.29) is 24.9 Å². The number of hydrogen-bond acceptors (Lipinski definition) is 8. The van der Waals surface area contributed by atoms with E-state index in [0.29, 0.717) is 49.0 Å². The van der Waals surface area contributed by atoms with Crippen molar-refractivity contribution in [2.45, 2.75) is 39.8 Å². The maximum atomic E-state index is 14.1. The molecule has 0 aliphatic carbocycles. The molecule has 210 valence electrons. The molecule has 8 nitrogen and oxygen atoms in total. The molecule has 0 radical (unpaired) electrons. The molecular formula is C30H31IN2O6S. The maximum absolute atomic E-state index is 14.1. The third-order valence-electron chi connectivity index (χ3n) is 5.99. The van der Waals surface area contributed by atoms with Gasteiger partial charge in [-0.2, -0.15) is 0 Å². The minimum absolute atomic E-state index is 0.113. The van der Waals surface area contributed by atoms with Crippen LogP contribution < -0.4 is 29.1 Å². The Morgan fingerprint density at radius 3 is 2.67 bits per heavy atom. The molecule has 0 amide bonds. The number of esters is 1. The molecule has 1 aromatic heterocycles. The Morgan fingerprint density at radius 1 is 1.25 bits per heavy atom. The van der Waals surface area contributed by atoms with Crippen molar-refractivity contribution in [3.63, 3.8) is 0 Å². The summed E-state index contributed by atoms with van der Waals surface area (Å²) in [7, 11) is 1.57. The molecule has 0 N–H and O–H groups in total. The van der Waals surface area contributed by atoms with Gasteiger partial charge >= 0.3 is 5.97 Å². The highest BCUT2D eigenvalue weighted by atomic mass is 127. The number of ether oxygens (including phenoxy) is 4. The number of carbonyl (C=O) groups excluding carboxylic acids is 1. The Kier molecular flexibility index (Phi) is 9.52. The van der Waals surface area contributed by atoms with E-state index in [2.05, 4.69) is 34.2 Å². The van der Waals surface area contributed by atoms with E-state index >= 15 is 0 Å². The Balaban J connectivity index is 2.00. The zero-order chi connectivity index (χ0) is 29.0. The zero-order valence-electron chi connectivity index (χ0n) is 23.0. The van der Waals surface area contributed by atoms with Crippen LogP contribution in [0.4, 0.5) is 0 Å². The molecule has 0 unspecified atom stereocenters. The normalized spacial score (nSPS) is 15.0. The fourth-order valence-corrected chi connectivity index (χ4v) is 6.09. The van der Waals surface area contributed by atoms with Crippen LogP contribution in [0.2, 0.25) is 0 Å². The van der Waals surface area contributed by atoms with Gasteiger partial charge in [-0.25, -0.2) is 9.79 Å². The zero-order valence-corrected chi connectivity index (χ0v) is 26.0. The Morgan fingerprint density at radius 2 is 2.00 bits per heavy atom. The van der Waals surface area contributed by atoms with Crippen molar-refractivity contribution in [3.05, 3.63) is 94.7 Å². The van der Waals surface area contributed by atoms with Gasteiger partial charge in [0, 0.05) is 14.7 Å². The Hall–Kier alpha value is -3.38. The molecule has 40 heavy (non-hydrogen) atoms. The minimum atomic E-state index is -0.783. The van der Waals surface area contributed by atoms with Crippen LogP contribution in [0, 0.1) is 3.57 Å². The lowest BCUT2D eigenvalue weighted by Crippen LogP contribution is -2.40. The van der Waals surface area contributed by atoms with E-state index in [1.54, 1.807) is 37.7 Å². The molecular weight excluding hydrogens is 643 g/mol. The molecule has 2 aromatic carbocycles. The van der Waals surface area contributed by atoms with Crippen LogP contribution in [0.3, 0.4) is 0 Å². The predicted octanol–water partition coefficient (Wildman–Crippen LogP) is 4.76. The van der Waals surface area contributed by atoms with E-state index < -0.39 is 12.0 Å². The predicted molar refractivity (Wildman–Crippen MR) is 164 cm³/mol. The summed E-state index contributed by atoms with van der Waals surface area (Å²) in [5.74, 6) is 1.11. The molecule has 3 aromatic rings. The molecule has 1 aliphatic rings. The summed E-state index contributed by atoms with van der Waals surface area (Å²) in [6.07, 6.45) is 3.30. The van der Waals surface area contributed by atoms with Crippen molar-refractivity contribution in [3.8, 4) is 17.2 Å². The summed E-state index contributed by atoms with van der Waals surface area (Å²) in [4.78, 5) is 32.5. The van der Waals surface area contributed by atoms with Gasteiger partial charge in [0.1, 0.15) is 18.4 Å². The average Bonchev–Trinajstić information content (AvgIpc) is 3.21. The SMILES string of the molecule is C=CCOc1c(/C=c2\sc3n(c2=O)[C@H](c2ccccc2OC(C)C)C(C(=O)OCC)=C(C)N=3)cc(I)cc1OC. The molecule has 0 saturated carbocycles. The van der Waals surface area contributed by atoms with E-state index in [0.717, 1.165) is 3.57 Å². The van der Waals surface area contributed by atoms with Crippen LogP contribution in [0.25, 0.3) is 6.08 Å². The van der Waals surface area contributed by atoms with Crippen LogP contribution in [0.1, 0.15) is 44.9 Å². The summed E-state index contributed by atoms with van der Waals surface area (Å²) >= 11 is 3.43. The number of fused-ring (bicyclic) bond motifs is 1. The van der Waals surface area contributed by atoms with Gasteiger partial charge in [-0.3, -0.25) is 9.36 Å². The van der Waals surface area contributed by atoms with Gasteiger partial charge in [-0.05, 0) is 74.6 Å². The molecule has 1 aliphatic heterocycles. The second-order valence-corrected chi connectivity index (χ2v) is 11.4. The highest BCUT2D eigenvalue weighted by Gasteiger charge is 2.35. The first-order valence-electron chi connectivity index (χ1n) is 12.8. The first kappa shape index (κ1) is 29.6. The van der Waals surface area contributed by atoms with E-state index in [1.807, 2.05) is 50.2 Å². The number of rotatable bonds is 10. The lowest BCUT2D eigenvalue weighted by molar-refractivity contribution is -0.139. The lowest BCUT2D eigenvalue weighted by Gasteiger charge is -2.26. The van der Waals surface area contributed by atoms with Gasteiger partial charge in [0.25, 0.3) is 5.56 Å². The van der Waals surface area contributed by atoms with Crippen LogP contribution in [0.5, 0.6) is 17.2 Å². The van der Waals surface area contributed by atoms with Crippen LogP contribution in [-0.4, -0.2) is 37.0 Å². The van der Waals surface area contributed by atoms with Crippen LogP contribution >= 0.6 is 33.9 Å². The fraction of sp³-hybridized carbons (Fsp3) is 0.300. The molecule has 0 saturated heterocycles. The first-order chi connectivity index (χ1) is 19.2. The second-order valence-electron chi connectivity index (χ2n) is 9.13. The quantitative estimate of drug-likeness (QED) is 0.175. The van der Waals surface area contributed by atoms with Crippen LogP contribution in [-0.2, 0) is 9.53 Å². The summed E-state index contributed by atoms with van der Waals surface area (Å²) < 4.78 is 25.9. The number of carbonyl (C=O) groups is 1. The van der Waals surface area contributed by atoms with Gasteiger partial charge in [0.05, 0.1) is 35.6 Å². The molecule has 2 heterocycles. The van der Waals surface area contributed by atoms with Gasteiger partial charge in [0.15, 0.2) is 16.3 Å². The van der Waals surface area contributed by atoms with E-state index in [9.17, 15) is 9.59 Å². The highest BCUT2D eigenvalue weighted by Crippen LogP contribution is 2.37. The number of hydrogen-bond donors (Lipinski definition) is 0. The molecule has 4 rings (SSSR count). The van der Waals surface area contributed by atoms with Crippen molar-refractivity contribution in [1.29, 1.82) is 0 Å². The third-order valence-corrected chi connectivity index (χ3v) is 7.60. The largest absolute Gasteiger partial charge is 0.493 e. The first-order valence-corrected chi connectivity index (χ1v) is 14.7. The molecule has 0 bridgehead atoms. The number of nitrogens with zero attached hydrogens (tertiary/aromatic N) is 2. The van der Waals surface area contributed by atoms with Crippen molar-refractivity contribution in [2.75, 3.05) is 20.3 Å². The number of halogens is 1. The van der Waals surface area contributed by atoms with Gasteiger partial charge in [-0.15, -0.1) is 0 Å². The molecule has 0 fully saturated rings. The summed E-state index contributed by atoms with van der Waals surface area (Å²) in [5.41, 5.74) is 1.84. The van der Waals surface area contributed by atoms with Crippen molar-refractivity contribution in [2.24, 2.45) is 4.99 Å². The summed E-state index contributed by atoms with van der Waals surface area (Å²) in [6.45, 7) is 11.6. The Bertz CT molecular complexity index is 1650. The van der Waals surface area contributed by atoms with E-state index in [4.69, 9.17) is 18.9 Å². The summed E-state index contributed by atoms with van der Waals surface area (Å²) in [6, 6.07) is 10.4. The molecule has 1 atom stereocenters. The standard InChI is InChI=1S/C30H31IN2O6S/c1-7-13-38-27-19(14-20(31)16-23(27)36-6)15-24-28(34)33-26(21-11-9-10-12-22(21)39-17(3)4)25(29(35)37-8-2)18(5)32-30(33)40-24/h7,9-12,14-17,26H,1,8,13H2,2-6H3/b24-15-/t26-/m1/s1. The fourth-order valence-electron chi connectivity index (χ4n) is 4.44. The summed E-state index contributed by atoms with van der Waals surface area (Å²) in [5, 5.41) is 0. The maximum Gasteiger partial charge on any atom is 0.338 e. The lowest BCUT2D eigenvalue weighted by atomic mass is 9.95. The topological polar surface area (TPSA) is 88.4 Å². The number of thiazole rings is 1. The van der Waals surface area contributed by atoms with Crippen LogP contribution in [0.15, 0.2) is 70.1 Å². The number of aromatic nitrogens is 1.